The van der Waals surface area contributed by atoms with Gasteiger partial charge in [-0.3, -0.25) is 4.99 Å². The Kier molecular flexibility index (Phi) is 11.3. The number of halogens is 3. The lowest BCUT2D eigenvalue weighted by molar-refractivity contribution is 0.591. The Morgan fingerprint density at radius 1 is 1.14 bits per heavy atom. The maximum Gasteiger partial charge on any atom is 0.191 e. The zero-order valence-electron chi connectivity index (χ0n) is 16.4. The van der Waals surface area contributed by atoms with E-state index in [1.165, 1.54) is 0 Å². The first kappa shape index (κ1) is 26.0. The number of hydrogen-bond donors (Lipinski definition) is 2. The Morgan fingerprint density at radius 3 is 2.45 bits per heavy atom. The monoisotopic (exact) mass is 569 g/mol. The van der Waals surface area contributed by atoms with Crippen molar-refractivity contribution in [2.75, 3.05) is 19.3 Å². The average molecular weight is 570 g/mol. The molecule has 1 atom stereocenters. The van der Waals surface area contributed by atoms with Crippen LogP contribution in [0.3, 0.4) is 0 Å². The molecule has 0 heterocycles. The number of hydrogen-bond acceptors (Lipinski definition) is 3. The average Bonchev–Trinajstić information content (AvgIpc) is 2.64. The van der Waals surface area contributed by atoms with Gasteiger partial charge in [-0.2, -0.15) is 0 Å². The van der Waals surface area contributed by atoms with E-state index in [1.54, 1.807) is 19.2 Å². The van der Waals surface area contributed by atoms with Crippen molar-refractivity contribution in [3.05, 3.63) is 69.7 Å². The fraction of sp³-hybridized carbons (Fsp3) is 0.350. The van der Waals surface area contributed by atoms with Crippen molar-refractivity contribution in [1.82, 2.24) is 10.6 Å². The van der Waals surface area contributed by atoms with E-state index in [0.29, 0.717) is 29.0 Å². The lowest BCUT2D eigenvalue weighted by Gasteiger charge is -2.19. The van der Waals surface area contributed by atoms with Crippen LogP contribution in [0.15, 0.2) is 53.5 Å². The Balaban J connectivity index is 0.00000420. The number of aliphatic imine (C=N–C) groups is 1. The maximum atomic E-state index is 12.2. The summed E-state index contributed by atoms with van der Waals surface area (Å²) in [5, 5.41) is 7.55. The number of nitrogens with one attached hydrogen (secondary N) is 2. The summed E-state index contributed by atoms with van der Waals surface area (Å²) >= 11 is 12.2. The normalized spacial score (nSPS) is 12.8. The molecule has 2 rings (SSSR count). The molecule has 0 saturated carbocycles. The summed E-state index contributed by atoms with van der Waals surface area (Å²) in [6.45, 7) is 2.46. The van der Waals surface area contributed by atoms with Gasteiger partial charge < -0.3 is 10.6 Å². The fourth-order valence-corrected chi connectivity index (χ4v) is 4.73. The van der Waals surface area contributed by atoms with Crippen molar-refractivity contribution >= 4 is 63.0 Å². The van der Waals surface area contributed by atoms with E-state index < -0.39 is 9.84 Å². The van der Waals surface area contributed by atoms with Crippen LogP contribution in [0.2, 0.25) is 10.0 Å². The predicted molar refractivity (Wildman–Crippen MR) is 133 cm³/mol. The zero-order chi connectivity index (χ0) is 20.6. The zero-order valence-corrected chi connectivity index (χ0v) is 21.0. The van der Waals surface area contributed by atoms with Crippen molar-refractivity contribution in [2.24, 2.45) is 4.99 Å². The largest absolute Gasteiger partial charge is 0.356 e. The minimum Gasteiger partial charge on any atom is -0.356 e. The van der Waals surface area contributed by atoms with Gasteiger partial charge in [-0.05, 0) is 36.6 Å². The van der Waals surface area contributed by atoms with Crippen LogP contribution < -0.4 is 10.6 Å². The molecule has 2 aromatic carbocycles. The van der Waals surface area contributed by atoms with Crippen LogP contribution in [0.25, 0.3) is 0 Å². The molecule has 0 aromatic heterocycles. The predicted octanol–water partition coefficient (Wildman–Crippen LogP) is 4.84. The summed E-state index contributed by atoms with van der Waals surface area (Å²) in [6, 6.07) is 14.5. The smallest absolute Gasteiger partial charge is 0.191 e. The highest BCUT2D eigenvalue weighted by Gasteiger charge is 2.13. The molecule has 160 valence electrons. The van der Waals surface area contributed by atoms with Crippen molar-refractivity contribution in [1.29, 1.82) is 0 Å². The van der Waals surface area contributed by atoms with Crippen molar-refractivity contribution in [3.8, 4) is 0 Å². The molecule has 9 heteroatoms. The van der Waals surface area contributed by atoms with Crippen molar-refractivity contribution in [2.45, 2.75) is 25.1 Å². The second-order valence-corrected chi connectivity index (χ2v) is 9.49. The first-order valence-electron chi connectivity index (χ1n) is 8.97. The third-order valence-corrected chi connectivity index (χ3v) is 6.41. The molecule has 0 bridgehead atoms. The Bertz CT molecular complexity index is 909. The van der Waals surface area contributed by atoms with Gasteiger partial charge >= 0.3 is 0 Å². The highest BCUT2D eigenvalue weighted by molar-refractivity contribution is 14.0. The summed E-state index contributed by atoms with van der Waals surface area (Å²) < 4.78 is 24.5. The summed E-state index contributed by atoms with van der Waals surface area (Å²) in [5.41, 5.74) is 1.71. The van der Waals surface area contributed by atoms with Gasteiger partial charge in [0.15, 0.2) is 15.8 Å². The number of guanidine groups is 1. The van der Waals surface area contributed by atoms with Crippen LogP contribution in [-0.2, 0) is 15.6 Å². The third kappa shape index (κ3) is 9.11. The summed E-state index contributed by atoms with van der Waals surface area (Å²) in [4.78, 5) is 4.18. The Morgan fingerprint density at radius 2 is 1.83 bits per heavy atom. The van der Waals surface area contributed by atoms with Gasteiger partial charge in [-0.1, -0.05) is 59.6 Å². The molecular formula is C20H26Cl2IN3O2S. The van der Waals surface area contributed by atoms with E-state index >= 15 is 0 Å². The van der Waals surface area contributed by atoms with Gasteiger partial charge in [0.05, 0.1) is 17.5 Å². The molecule has 0 aliphatic heterocycles. The van der Waals surface area contributed by atoms with Gasteiger partial charge in [0, 0.05) is 23.6 Å². The molecule has 0 radical (unpaired) electrons. The molecule has 29 heavy (non-hydrogen) atoms. The molecule has 2 N–H and O–H groups in total. The Labute approximate surface area is 200 Å². The summed E-state index contributed by atoms with van der Waals surface area (Å²) in [5.74, 6) is 0.760. The van der Waals surface area contributed by atoms with E-state index in [1.807, 2.05) is 43.3 Å². The second kappa shape index (κ2) is 12.6. The molecule has 0 saturated heterocycles. The lowest BCUT2D eigenvalue weighted by Crippen LogP contribution is -2.39. The quantitative estimate of drug-likeness (QED) is 0.206. The van der Waals surface area contributed by atoms with Crippen LogP contribution in [0.1, 0.15) is 30.5 Å². The number of benzene rings is 2. The third-order valence-electron chi connectivity index (χ3n) is 4.16. The minimum absolute atomic E-state index is 0. The molecule has 0 aliphatic carbocycles. The van der Waals surface area contributed by atoms with Crippen LogP contribution in [0.4, 0.5) is 0 Å². The molecule has 0 amide bonds. The van der Waals surface area contributed by atoms with Gasteiger partial charge in [-0.25, -0.2) is 8.42 Å². The number of sulfone groups is 1. The SMILES string of the molecule is CN=C(NCCCS(=O)(=O)Cc1ccccc1)NC(C)c1ccc(Cl)cc1Cl.I. The van der Waals surface area contributed by atoms with E-state index in [2.05, 4.69) is 15.6 Å². The summed E-state index contributed by atoms with van der Waals surface area (Å²) in [7, 11) is -1.48. The molecule has 1 unspecified atom stereocenters. The number of rotatable bonds is 8. The van der Waals surface area contributed by atoms with Crippen molar-refractivity contribution < 1.29 is 8.42 Å². The van der Waals surface area contributed by atoms with E-state index in [0.717, 1.165) is 11.1 Å². The van der Waals surface area contributed by atoms with Crippen LogP contribution in [0.5, 0.6) is 0 Å². The molecular weight excluding hydrogens is 544 g/mol. The molecule has 0 fully saturated rings. The van der Waals surface area contributed by atoms with Gasteiger partial charge in [0.1, 0.15) is 0 Å². The molecule has 0 aliphatic rings. The van der Waals surface area contributed by atoms with Crippen LogP contribution in [0, 0.1) is 0 Å². The van der Waals surface area contributed by atoms with E-state index in [-0.39, 0.29) is 41.5 Å². The molecule has 2 aromatic rings. The minimum atomic E-state index is -3.15. The molecule has 0 spiro atoms. The standard InChI is InChI=1S/C20H25Cl2N3O2S.HI/c1-15(18-10-9-17(21)13-19(18)22)25-20(23-2)24-11-6-12-28(26,27)14-16-7-4-3-5-8-16;/h3-5,7-10,13,15H,6,11-12,14H2,1-2H3,(H2,23,24,25);1H. The lowest BCUT2D eigenvalue weighted by atomic mass is 10.1. The Hall–Kier alpha value is -1.03. The van der Waals surface area contributed by atoms with E-state index in [4.69, 9.17) is 23.2 Å². The first-order valence-corrected chi connectivity index (χ1v) is 11.5. The van der Waals surface area contributed by atoms with E-state index in [9.17, 15) is 8.42 Å². The molecule has 5 nitrogen and oxygen atoms in total. The van der Waals surface area contributed by atoms with Gasteiger partial charge in [0.2, 0.25) is 0 Å². The number of nitrogens with zero attached hydrogens (tertiary/aromatic N) is 1. The van der Waals surface area contributed by atoms with Crippen LogP contribution in [-0.4, -0.2) is 33.7 Å². The fourth-order valence-electron chi connectivity index (χ4n) is 2.73. The first-order chi connectivity index (χ1) is 13.3. The second-order valence-electron chi connectivity index (χ2n) is 6.46. The highest BCUT2D eigenvalue weighted by Crippen LogP contribution is 2.25. The maximum absolute atomic E-state index is 12.2. The van der Waals surface area contributed by atoms with Gasteiger partial charge in [0.25, 0.3) is 0 Å². The van der Waals surface area contributed by atoms with Gasteiger partial charge in [-0.15, -0.1) is 24.0 Å². The summed E-state index contributed by atoms with van der Waals surface area (Å²) in [6.07, 6.45) is 0.492. The van der Waals surface area contributed by atoms with Crippen molar-refractivity contribution in [3.63, 3.8) is 0 Å². The highest BCUT2D eigenvalue weighted by atomic mass is 127. The van der Waals surface area contributed by atoms with Crippen LogP contribution >= 0.6 is 47.2 Å². The topological polar surface area (TPSA) is 70.6 Å².